The molecule has 1 aromatic rings. The largest absolute Gasteiger partial charge is 0.394 e. The van der Waals surface area contributed by atoms with Gasteiger partial charge in [0.2, 0.25) is 0 Å². The number of aryl methyl sites for hydroxylation is 1. The highest BCUT2D eigenvalue weighted by Gasteiger charge is 2.44. The van der Waals surface area contributed by atoms with Crippen LogP contribution < -0.4 is 11.2 Å². The van der Waals surface area contributed by atoms with Crippen LogP contribution in [0, 0.1) is 6.92 Å². The van der Waals surface area contributed by atoms with Gasteiger partial charge in [-0.25, -0.2) is 4.79 Å². The fourth-order valence-electron chi connectivity index (χ4n) is 2.75. The smallest absolute Gasteiger partial charge is 0.333 e. The maximum Gasteiger partial charge on any atom is 0.333 e. The molecule has 1 fully saturated rings. The molecule has 4 atom stereocenters. The van der Waals surface area contributed by atoms with Gasteiger partial charge in [0.25, 0.3) is 5.56 Å². The number of aromatic nitrogens is 2. The highest BCUT2D eigenvalue weighted by Crippen LogP contribution is 2.27. The average molecular weight is 358 g/mol. The summed E-state index contributed by atoms with van der Waals surface area (Å²) in [5.74, 6) is 0. The van der Waals surface area contributed by atoms with E-state index in [-0.39, 0.29) is 13.2 Å². The van der Waals surface area contributed by atoms with Crippen LogP contribution in [-0.4, -0.2) is 62.6 Å². The lowest BCUT2D eigenvalue weighted by Gasteiger charge is -2.19. The summed E-state index contributed by atoms with van der Waals surface area (Å²) >= 11 is 0. The Kier molecular flexibility index (Phi) is 6.91. The first-order valence-electron chi connectivity index (χ1n) is 8.45. The average Bonchev–Trinajstić information content (AvgIpc) is 2.88. The van der Waals surface area contributed by atoms with Crippen molar-refractivity contribution in [1.29, 1.82) is 0 Å². The molecular weight excluding hydrogens is 332 g/mol. The fourth-order valence-corrected chi connectivity index (χ4v) is 2.75. The van der Waals surface area contributed by atoms with E-state index in [0.717, 1.165) is 22.0 Å². The van der Waals surface area contributed by atoms with E-state index in [9.17, 15) is 24.9 Å². The Morgan fingerprint density at radius 2 is 1.96 bits per heavy atom. The van der Waals surface area contributed by atoms with Gasteiger partial charge in [0, 0.05) is 18.4 Å². The van der Waals surface area contributed by atoms with E-state index in [0.29, 0.717) is 12.2 Å². The summed E-state index contributed by atoms with van der Waals surface area (Å²) in [5, 5.41) is 29.1. The van der Waals surface area contributed by atoms with E-state index >= 15 is 0 Å². The molecule has 0 bridgehead atoms. The number of aliphatic hydroxyl groups excluding tert-OH is 3. The van der Waals surface area contributed by atoms with E-state index in [1.54, 1.807) is 6.92 Å². The second-order valence-electron chi connectivity index (χ2n) is 6.15. The van der Waals surface area contributed by atoms with Crippen molar-refractivity contribution >= 4 is 0 Å². The molecule has 1 aliphatic heterocycles. The molecular formula is C16H26N2O7. The van der Waals surface area contributed by atoms with Crippen molar-refractivity contribution in [3.63, 3.8) is 0 Å². The topological polar surface area (TPSA) is 123 Å². The molecule has 0 saturated carbocycles. The van der Waals surface area contributed by atoms with Gasteiger partial charge in [0.15, 0.2) is 6.23 Å². The van der Waals surface area contributed by atoms with E-state index in [2.05, 4.69) is 0 Å². The number of unbranched alkanes of at least 4 members (excludes halogenated alkanes) is 1. The molecule has 0 aromatic carbocycles. The van der Waals surface area contributed by atoms with Crippen LogP contribution in [-0.2, 0) is 16.0 Å². The molecule has 0 spiro atoms. The van der Waals surface area contributed by atoms with Gasteiger partial charge >= 0.3 is 5.69 Å². The minimum Gasteiger partial charge on any atom is -0.394 e. The van der Waals surface area contributed by atoms with Crippen LogP contribution in [0.1, 0.15) is 31.6 Å². The van der Waals surface area contributed by atoms with Gasteiger partial charge in [-0.3, -0.25) is 13.9 Å². The minimum atomic E-state index is -1.39. The highest BCUT2D eigenvalue weighted by molar-refractivity contribution is 5.05. The van der Waals surface area contributed by atoms with Crippen molar-refractivity contribution in [3.8, 4) is 0 Å². The lowest BCUT2D eigenvalue weighted by molar-refractivity contribution is -0.0558. The second kappa shape index (κ2) is 8.72. The van der Waals surface area contributed by atoms with Crippen LogP contribution in [0.2, 0.25) is 0 Å². The maximum absolute atomic E-state index is 12.6. The molecule has 9 heteroatoms. The third kappa shape index (κ3) is 4.18. The fraction of sp³-hybridized carbons (Fsp3) is 0.750. The van der Waals surface area contributed by atoms with Crippen LogP contribution in [0.4, 0.5) is 0 Å². The summed E-state index contributed by atoms with van der Waals surface area (Å²) in [6.07, 6.45) is -1.70. The molecule has 2 unspecified atom stereocenters. The summed E-state index contributed by atoms with van der Waals surface area (Å²) in [6.45, 7) is 3.95. The SMILES string of the molecule is CCCCOCCn1c(=O)c(C)cn([C@@H]2O[C@H](CO)C(O)C2O)c1=O. The second-order valence-corrected chi connectivity index (χ2v) is 6.15. The predicted molar refractivity (Wildman–Crippen MR) is 88.4 cm³/mol. The molecule has 1 aromatic heterocycles. The third-order valence-electron chi connectivity index (χ3n) is 4.26. The predicted octanol–water partition coefficient (Wildman–Crippen LogP) is -1.25. The van der Waals surface area contributed by atoms with E-state index in [1.165, 1.54) is 6.20 Å². The normalized spacial score (nSPS) is 26.3. The van der Waals surface area contributed by atoms with Crippen molar-refractivity contribution in [3.05, 3.63) is 32.6 Å². The molecule has 0 radical (unpaired) electrons. The molecule has 1 aliphatic rings. The number of nitrogens with zero attached hydrogens (tertiary/aromatic N) is 2. The number of aliphatic hydroxyl groups is 3. The summed E-state index contributed by atoms with van der Waals surface area (Å²) in [4.78, 5) is 24.9. The van der Waals surface area contributed by atoms with Crippen molar-refractivity contribution < 1.29 is 24.8 Å². The first kappa shape index (κ1) is 19.8. The van der Waals surface area contributed by atoms with Crippen LogP contribution in [0.15, 0.2) is 15.8 Å². The quantitative estimate of drug-likeness (QED) is 0.496. The Morgan fingerprint density at radius 3 is 2.56 bits per heavy atom. The molecule has 3 N–H and O–H groups in total. The van der Waals surface area contributed by atoms with Gasteiger partial charge in [-0.15, -0.1) is 0 Å². The molecule has 0 amide bonds. The van der Waals surface area contributed by atoms with Crippen LogP contribution >= 0.6 is 0 Å². The standard InChI is InChI=1S/C16H26N2O7/c1-3-4-6-24-7-5-17-14(22)10(2)8-18(16(17)23)15-13(21)12(20)11(9-19)25-15/h8,11-13,15,19-21H,3-7,9H2,1-2H3/t11-,12?,13?,15-/m1/s1. The lowest BCUT2D eigenvalue weighted by atomic mass is 10.1. The summed E-state index contributed by atoms with van der Waals surface area (Å²) in [5.41, 5.74) is -0.803. The lowest BCUT2D eigenvalue weighted by Crippen LogP contribution is -2.45. The maximum atomic E-state index is 12.6. The van der Waals surface area contributed by atoms with Gasteiger partial charge < -0.3 is 24.8 Å². The zero-order chi connectivity index (χ0) is 18.6. The van der Waals surface area contributed by atoms with Crippen molar-refractivity contribution in [2.75, 3.05) is 19.8 Å². The minimum absolute atomic E-state index is 0.0812. The summed E-state index contributed by atoms with van der Waals surface area (Å²) < 4.78 is 12.9. The van der Waals surface area contributed by atoms with Crippen LogP contribution in [0.3, 0.4) is 0 Å². The van der Waals surface area contributed by atoms with E-state index in [4.69, 9.17) is 9.47 Å². The van der Waals surface area contributed by atoms with Gasteiger partial charge in [-0.1, -0.05) is 13.3 Å². The monoisotopic (exact) mass is 358 g/mol. The highest BCUT2D eigenvalue weighted by atomic mass is 16.6. The molecule has 2 rings (SSSR count). The zero-order valence-electron chi connectivity index (χ0n) is 14.5. The number of ether oxygens (including phenoxy) is 2. The van der Waals surface area contributed by atoms with Gasteiger partial charge in [0.1, 0.15) is 18.3 Å². The molecule has 9 nitrogen and oxygen atoms in total. The molecule has 2 heterocycles. The number of rotatable bonds is 8. The van der Waals surface area contributed by atoms with E-state index in [1.807, 2.05) is 6.92 Å². The Morgan fingerprint density at radius 1 is 1.24 bits per heavy atom. The van der Waals surface area contributed by atoms with Gasteiger partial charge in [-0.05, 0) is 13.3 Å². The number of hydrogen-bond acceptors (Lipinski definition) is 7. The Hall–Kier alpha value is -1.52. The van der Waals surface area contributed by atoms with Gasteiger partial charge in [0.05, 0.1) is 19.8 Å². The van der Waals surface area contributed by atoms with Gasteiger partial charge in [-0.2, -0.15) is 0 Å². The first-order chi connectivity index (χ1) is 11.9. The van der Waals surface area contributed by atoms with Crippen LogP contribution in [0.25, 0.3) is 0 Å². The molecule has 25 heavy (non-hydrogen) atoms. The van der Waals surface area contributed by atoms with Crippen LogP contribution in [0.5, 0.6) is 0 Å². The Balaban J connectivity index is 2.26. The van der Waals surface area contributed by atoms with Crippen molar-refractivity contribution in [2.24, 2.45) is 0 Å². The number of hydrogen-bond donors (Lipinski definition) is 3. The first-order valence-corrected chi connectivity index (χ1v) is 8.45. The zero-order valence-corrected chi connectivity index (χ0v) is 14.5. The Bertz CT molecular complexity index is 684. The summed E-state index contributed by atoms with van der Waals surface area (Å²) in [7, 11) is 0. The Labute approximate surface area is 145 Å². The van der Waals surface area contributed by atoms with E-state index < -0.39 is 42.4 Å². The third-order valence-corrected chi connectivity index (χ3v) is 4.26. The molecule has 142 valence electrons. The summed E-state index contributed by atoms with van der Waals surface area (Å²) in [6, 6.07) is 0. The molecule has 1 saturated heterocycles. The molecule has 0 aliphatic carbocycles. The van der Waals surface area contributed by atoms with Crippen molar-refractivity contribution in [1.82, 2.24) is 9.13 Å². The van der Waals surface area contributed by atoms with Crippen molar-refractivity contribution in [2.45, 2.75) is 57.8 Å².